The first-order valence-corrected chi connectivity index (χ1v) is 8.90. The molecular weight excluding hydrogens is 308 g/mol. The van der Waals surface area contributed by atoms with Gasteiger partial charge in [-0.1, -0.05) is 26.2 Å². The molecule has 1 aromatic rings. The summed E-state index contributed by atoms with van der Waals surface area (Å²) >= 11 is 0. The van der Waals surface area contributed by atoms with Crippen molar-refractivity contribution in [3.05, 3.63) is 18.0 Å². The van der Waals surface area contributed by atoms with Gasteiger partial charge in [0.05, 0.1) is 6.54 Å². The van der Waals surface area contributed by atoms with E-state index in [1.54, 1.807) is 17.2 Å². The monoisotopic (exact) mass is 334 g/mol. The largest absolute Gasteiger partial charge is 0.441 e. The molecule has 1 N–H and O–H groups in total. The molecule has 2 aliphatic heterocycles. The summed E-state index contributed by atoms with van der Waals surface area (Å²) in [6.45, 7) is 4.82. The smallest absolute Gasteiger partial charge is 0.410 e. The van der Waals surface area contributed by atoms with Crippen molar-refractivity contribution >= 4 is 12.0 Å². The van der Waals surface area contributed by atoms with Crippen LogP contribution in [0.4, 0.5) is 4.79 Å². The van der Waals surface area contributed by atoms with Crippen LogP contribution in [0.3, 0.4) is 0 Å². The van der Waals surface area contributed by atoms with Gasteiger partial charge in [0, 0.05) is 38.7 Å². The predicted molar refractivity (Wildman–Crippen MR) is 88.7 cm³/mol. The Kier molecular flexibility index (Phi) is 5.06. The molecule has 0 saturated carbocycles. The summed E-state index contributed by atoms with van der Waals surface area (Å²) in [6, 6.07) is 1.68. The molecule has 0 aromatic carbocycles. The number of likely N-dealkylation sites (tertiary alicyclic amines) is 1. The van der Waals surface area contributed by atoms with Gasteiger partial charge >= 0.3 is 6.09 Å². The van der Waals surface area contributed by atoms with E-state index < -0.39 is 5.60 Å². The average Bonchev–Trinajstić information content (AvgIpc) is 3.21. The fourth-order valence-electron chi connectivity index (χ4n) is 3.52. The first-order chi connectivity index (χ1) is 11.6. The molecule has 2 fully saturated rings. The molecule has 2 amide bonds. The van der Waals surface area contributed by atoms with E-state index in [0.717, 1.165) is 19.4 Å². The van der Waals surface area contributed by atoms with Crippen LogP contribution in [0.15, 0.2) is 12.3 Å². The highest BCUT2D eigenvalue weighted by Crippen LogP contribution is 2.33. The quantitative estimate of drug-likeness (QED) is 0.810. The van der Waals surface area contributed by atoms with Crippen molar-refractivity contribution in [1.29, 1.82) is 0 Å². The van der Waals surface area contributed by atoms with Gasteiger partial charge in [-0.2, -0.15) is 5.10 Å². The zero-order valence-corrected chi connectivity index (χ0v) is 14.3. The number of aromatic amines is 1. The molecule has 0 aliphatic carbocycles. The fourth-order valence-corrected chi connectivity index (χ4v) is 3.52. The Morgan fingerprint density at radius 3 is 2.79 bits per heavy atom. The first kappa shape index (κ1) is 16.8. The number of rotatable bonds is 6. The summed E-state index contributed by atoms with van der Waals surface area (Å²) in [5, 5.41) is 6.53. The number of ether oxygens (including phenoxy) is 1. The lowest BCUT2D eigenvalue weighted by Crippen LogP contribution is -2.48. The molecule has 0 unspecified atom stereocenters. The van der Waals surface area contributed by atoms with Gasteiger partial charge in [0.1, 0.15) is 11.3 Å². The van der Waals surface area contributed by atoms with E-state index in [4.69, 9.17) is 4.74 Å². The van der Waals surface area contributed by atoms with Crippen molar-refractivity contribution < 1.29 is 14.3 Å². The average molecular weight is 334 g/mol. The lowest BCUT2D eigenvalue weighted by Gasteiger charge is -2.37. The lowest BCUT2D eigenvalue weighted by atomic mass is 9.91. The zero-order chi connectivity index (χ0) is 17.0. The van der Waals surface area contributed by atoms with Crippen LogP contribution in [-0.4, -0.2) is 63.8 Å². The molecule has 1 spiro atoms. The molecule has 3 rings (SSSR count). The number of carbonyl (C=O) groups excluding carboxylic acids is 2. The number of unbranched alkanes of at least 4 members (excludes halogenated alkanes) is 3. The van der Waals surface area contributed by atoms with Gasteiger partial charge in [-0.3, -0.25) is 9.89 Å². The van der Waals surface area contributed by atoms with Crippen molar-refractivity contribution in [2.24, 2.45) is 0 Å². The number of piperidine rings is 1. The molecule has 3 heterocycles. The van der Waals surface area contributed by atoms with E-state index in [2.05, 4.69) is 17.1 Å². The van der Waals surface area contributed by atoms with Crippen LogP contribution in [0.25, 0.3) is 0 Å². The standard InChI is InChI=1S/C17H26N4O3/c1-2-3-4-5-10-21-13-17(24-16(21)23)7-11-20(12-8-17)15(22)14-6-9-18-19-14/h6,9H,2-5,7-8,10-13H2,1H3,(H,18,19). The summed E-state index contributed by atoms with van der Waals surface area (Å²) in [4.78, 5) is 28.1. The zero-order valence-electron chi connectivity index (χ0n) is 14.3. The second kappa shape index (κ2) is 7.23. The molecule has 0 atom stereocenters. The molecular formula is C17H26N4O3. The Labute approximate surface area is 142 Å². The number of carbonyl (C=O) groups is 2. The third kappa shape index (κ3) is 3.55. The number of aromatic nitrogens is 2. The molecule has 7 nitrogen and oxygen atoms in total. The Morgan fingerprint density at radius 2 is 2.12 bits per heavy atom. The van der Waals surface area contributed by atoms with Crippen LogP contribution in [0.2, 0.25) is 0 Å². The minimum atomic E-state index is -0.410. The van der Waals surface area contributed by atoms with Gasteiger partial charge in [0.15, 0.2) is 0 Å². The van der Waals surface area contributed by atoms with E-state index >= 15 is 0 Å². The second-order valence-corrected chi connectivity index (χ2v) is 6.80. The maximum atomic E-state index is 12.3. The highest BCUT2D eigenvalue weighted by molar-refractivity contribution is 5.92. The van der Waals surface area contributed by atoms with Crippen LogP contribution in [0.5, 0.6) is 0 Å². The summed E-state index contributed by atoms with van der Waals surface area (Å²) in [5.74, 6) is -0.0388. The van der Waals surface area contributed by atoms with Gasteiger partial charge in [-0.05, 0) is 12.5 Å². The number of hydrogen-bond acceptors (Lipinski definition) is 4. The van der Waals surface area contributed by atoms with Gasteiger partial charge < -0.3 is 14.5 Å². The predicted octanol–water partition coefficient (Wildman–Crippen LogP) is 2.42. The summed E-state index contributed by atoms with van der Waals surface area (Å²) < 4.78 is 5.71. The molecule has 2 saturated heterocycles. The highest BCUT2D eigenvalue weighted by Gasteiger charge is 2.47. The van der Waals surface area contributed by atoms with Crippen molar-refractivity contribution in [2.75, 3.05) is 26.2 Å². The Morgan fingerprint density at radius 1 is 1.33 bits per heavy atom. The maximum absolute atomic E-state index is 12.3. The van der Waals surface area contributed by atoms with E-state index in [1.165, 1.54) is 12.8 Å². The van der Waals surface area contributed by atoms with Gasteiger partial charge in [0.2, 0.25) is 0 Å². The molecule has 0 radical (unpaired) electrons. The van der Waals surface area contributed by atoms with E-state index in [-0.39, 0.29) is 12.0 Å². The van der Waals surface area contributed by atoms with Crippen LogP contribution in [0, 0.1) is 0 Å². The molecule has 7 heteroatoms. The topological polar surface area (TPSA) is 78.5 Å². The second-order valence-electron chi connectivity index (χ2n) is 6.80. The van der Waals surface area contributed by atoms with Crippen LogP contribution in [0.1, 0.15) is 55.9 Å². The number of nitrogens with one attached hydrogen (secondary N) is 1. The SMILES string of the molecule is CCCCCCN1CC2(CCN(C(=O)c3ccn[nH]3)CC2)OC1=O. The molecule has 1 aromatic heterocycles. The minimum Gasteiger partial charge on any atom is -0.441 e. The Bertz CT molecular complexity index is 564. The van der Waals surface area contributed by atoms with E-state index in [9.17, 15) is 9.59 Å². The van der Waals surface area contributed by atoms with Crippen LogP contribution >= 0.6 is 0 Å². The van der Waals surface area contributed by atoms with E-state index in [0.29, 0.717) is 38.2 Å². The van der Waals surface area contributed by atoms with Crippen molar-refractivity contribution in [2.45, 2.75) is 51.0 Å². The van der Waals surface area contributed by atoms with Crippen molar-refractivity contribution in [3.63, 3.8) is 0 Å². The summed E-state index contributed by atoms with van der Waals surface area (Å²) in [6.07, 6.45) is 7.36. The number of amides is 2. The van der Waals surface area contributed by atoms with Gasteiger partial charge in [0.25, 0.3) is 5.91 Å². The summed E-state index contributed by atoms with van der Waals surface area (Å²) in [5.41, 5.74) is 0.0963. The number of nitrogens with zero attached hydrogens (tertiary/aromatic N) is 3. The molecule has 24 heavy (non-hydrogen) atoms. The van der Waals surface area contributed by atoms with Crippen LogP contribution < -0.4 is 0 Å². The first-order valence-electron chi connectivity index (χ1n) is 8.90. The van der Waals surface area contributed by atoms with Crippen molar-refractivity contribution in [1.82, 2.24) is 20.0 Å². The maximum Gasteiger partial charge on any atom is 0.410 e. The van der Waals surface area contributed by atoms with Gasteiger partial charge in [-0.15, -0.1) is 0 Å². The lowest BCUT2D eigenvalue weighted by molar-refractivity contribution is 0.00297. The van der Waals surface area contributed by atoms with E-state index in [1.807, 2.05) is 4.90 Å². The highest BCUT2D eigenvalue weighted by atomic mass is 16.6. The minimum absolute atomic E-state index is 0.0388. The summed E-state index contributed by atoms with van der Waals surface area (Å²) in [7, 11) is 0. The Hall–Kier alpha value is -2.05. The molecule has 2 aliphatic rings. The fraction of sp³-hybridized carbons (Fsp3) is 0.706. The van der Waals surface area contributed by atoms with Crippen LogP contribution in [-0.2, 0) is 4.74 Å². The number of H-pyrrole nitrogens is 1. The third-order valence-electron chi connectivity index (χ3n) is 5.02. The molecule has 132 valence electrons. The third-order valence-corrected chi connectivity index (χ3v) is 5.02. The molecule has 0 bridgehead atoms. The van der Waals surface area contributed by atoms with Crippen molar-refractivity contribution in [3.8, 4) is 0 Å². The number of hydrogen-bond donors (Lipinski definition) is 1. The van der Waals surface area contributed by atoms with Gasteiger partial charge in [-0.25, -0.2) is 4.79 Å². The Balaban J connectivity index is 1.50. The normalized spacial score (nSPS) is 19.8.